The predicted molar refractivity (Wildman–Crippen MR) is 66.7 cm³/mol. The fraction of sp³-hybridized carbons (Fsp3) is 1.00. The summed E-state index contributed by atoms with van der Waals surface area (Å²) in [5.41, 5.74) is 0.266. The maximum absolute atomic E-state index is 5.78. The van der Waals surface area contributed by atoms with Crippen LogP contribution in [0.1, 0.15) is 39.5 Å². The molecule has 1 saturated heterocycles. The monoisotopic (exact) mass is 232 g/mol. The fourth-order valence-electron chi connectivity index (χ4n) is 1.91. The average Bonchev–Trinajstić information content (AvgIpc) is 2.78. The van der Waals surface area contributed by atoms with Gasteiger partial charge in [-0.2, -0.15) is 12.6 Å². The summed E-state index contributed by atoms with van der Waals surface area (Å²) in [4.78, 5) is 0. The van der Waals surface area contributed by atoms with Crippen LogP contribution in [0, 0.1) is 5.41 Å². The van der Waals surface area contributed by atoms with Gasteiger partial charge in [-0.1, -0.05) is 13.8 Å². The minimum atomic E-state index is 0.266. The molecule has 0 bridgehead atoms. The molecule has 1 atom stereocenters. The molecular weight excluding hydrogens is 208 g/mol. The first kappa shape index (κ1) is 13.3. The van der Waals surface area contributed by atoms with Gasteiger partial charge in [0, 0.05) is 12.0 Å². The summed E-state index contributed by atoms with van der Waals surface area (Å²) in [6.45, 7) is 6.93. The van der Waals surface area contributed by atoms with Gasteiger partial charge in [-0.15, -0.1) is 0 Å². The van der Waals surface area contributed by atoms with E-state index in [9.17, 15) is 0 Å². The van der Waals surface area contributed by atoms with Crippen LogP contribution in [-0.4, -0.2) is 31.7 Å². The molecule has 0 saturated carbocycles. The molecule has 0 radical (unpaired) electrons. The Morgan fingerprint density at radius 1 is 1.40 bits per heavy atom. The van der Waals surface area contributed by atoms with Gasteiger partial charge < -0.3 is 9.47 Å². The Balaban J connectivity index is 2.21. The van der Waals surface area contributed by atoms with Crippen LogP contribution in [0.4, 0.5) is 0 Å². The van der Waals surface area contributed by atoms with Crippen molar-refractivity contribution in [3.8, 4) is 0 Å². The van der Waals surface area contributed by atoms with E-state index >= 15 is 0 Å². The van der Waals surface area contributed by atoms with E-state index in [0.29, 0.717) is 6.10 Å². The van der Waals surface area contributed by atoms with Crippen molar-refractivity contribution in [1.82, 2.24) is 0 Å². The van der Waals surface area contributed by atoms with Crippen LogP contribution in [-0.2, 0) is 9.47 Å². The zero-order valence-corrected chi connectivity index (χ0v) is 10.9. The van der Waals surface area contributed by atoms with Crippen molar-refractivity contribution in [3.05, 3.63) is 0 Å². The molecule has 1 unspecified atom stereocenters. The number of ether oxygens (including phenoxy) is 2. The van der Waals surface area contributed by atoms with Gasteiger partial charge in [-0.3, -0.25) is 0 Å². The maximum Gasteiger partial charge on any atom is 0.0809 e. The van der Waals surface area contributed by atoms with Gasteiger partial charge in [0.25, 0.3) is 0 Å². The van der Waals surface area contributed by atoms with Gasteiger partial charge in [0.15, 0.2) is 0 Å². The zero-order chi connectivity index (χ0) is 11.1. The van der Waals surface area contributed by atoms with Crippen LogP contribution in [0.5, 0.6) is 0 Å². The second kappa shape index (κ2) is 6.77. The lowest BCUT2D eigenvalue weighted by molar-refractivity contribution is -0.0144. The van der Waals surface area contributed by atoms with E-state index in [1.54, 1.807) is 0 Å². The Bertz CT molecular complexity index is 155. The van der Waals surface area contributed by atoms with Crippen LogP contribution >= 0.6 is 12.6 Å². The highest BCUT2D eigenvalue weighted by Gasteiger charge is 2.25. The second-order valence-electron chi connectivity index (χ2n) is 4.52. The minimum absolute atomic E-state index is 0.266. The molecule has 1 aliphatic rings. The standard InChI is InChI=1S/C12H24O2S/c1-3-12(4-2,10-15)9-13-8-11-6-5-7-14-11/h11,15H,3-10H2,1-2H3. The van der Waals surface area contributed by atoms with E-state index in [0.717, 1.165) is 44.8 Å². The van der Waals surface area contributed by atoms with Crippen LogP contribution in [0.25, 0.3) is 0 Å². The topological polar surface area (TPSA) is 18.5 Å². The Kier molecular flexibility index (Phi) is 6.02. The highest BCUT2D eigenvalue weighted by atomic mass is 32.1. The number of hydrogen-bond donors (Lipinski definition) is 1. The Hall–Kier alpha value is 0.270. The molecule has 90 valence electrons. The van der Waals surface area contributed by atoms with Gasteiger partial charge >= 0.3 is 0 Å². The molecule has 15 heavy (non-hydrogen) atoms. The van der Waals surface area contributed by atoms with Crippen LogP contribution in [0.2, 0.25) is 0 Å². The Labute approximate surface area is 99.1 Å². The van der Waals surface area contributed by atoms with Crippen molar-refractivity contribution in [2.45, 2.75) is 45.6 Å². The van der Waals surface area contributed by atoms with Crippen molar-refractivity contribution in [3.63, 3.8) is 0 Å². The third kappa shape index (κ3) is 3.97. The quantitative estimate of drug-likeness (QED) is 0.680. The van der Waals surface area contributed by atoms with E-state index in [-0.39, 0.29) is 5.41 Å². The van der Waals surface area contributed by atoms with E-state index < -0.39 is 0 Å². The van der Waals surface area contributed by atoms with E-state index in [2.05, 4.69) is 26.5 Å². The lowest BCUT2D eigenvalue weighted by Crippen LogP contribution is -2.29. The van der Waals surface area contributed by atoms with Gasteiger partial charge in [-0.25, -0.2) is 0 Å². The molecule has 3 heteroatoms. The predicted octanol–water partition coefficient (Wildman–Crippen LogP) is 2.92. The molecule has 1 fully saturated rings. The van der Waals surface area contributed by atoms with Crippen molar-refractivity contribution in [2.75, 3.05) is 25.6 Å². The highest BCUT2D eigenvalue weighted by Crippen LogP contribution is 2.28. The van der Waals surface area contributed by atoms with Crippen LogP contribution < -0.4 is 0 Å². The fourth-order valence-corrected chi connectivity index (χ4v) is 2.44. The summed E-state index contributed by atoms with van der Waals surface area (Å²) < 4.78 is 11.3. The number of hydrogen-bond acceptors (Lipinski definition) is 3. The zero-order valence-electron chi connectivity index (χ0n) is 10.00. The van der Waals surface area contributed by atoms with Gasteiger partial charge in [-0.05, 0) is 31.4 Å². The molecule has 0 amide bonds. The number of thiol groups is 1. The average molecular weight is 232 g/mol. The van der Waals surface area contributed by atoms with Crippen LogP contribution in [0.3, 0.4) is 0 Å². The molecule has 0 aromatic rings. The van der Waals surface area contributed by atoms with Crippen molar-refractivity contribution in [1.29, 1.82) is 0 Å². The largest absolute Gasteiger partial charge is 0.378 e. The van der Waals surface area contributed by atoms with Gasteiger partial charge in [0.2, 0.25) is 0 Å². The first-order valence-electron chi connectivity index (χ1n) is 6.06. The summed E-state index contributed by atoms with van der Waals surface area (Å²) >= 11 is 4.43. The molecule has 2 nitrogen and oxygen atoms in total. The van der Waals surface area contributed by atoms with Crippen molar-refractivity contribution >= 4 is 12.6 Å². The Morgan fingerprint density at radius 3 is 2.60 bits per heavy atom. The smallest absolute Gasteiger partial charge is 0.0809 e. The SMILES string of the molecule is CCC(CC)(CS)COCC1CCCO1. The van der Waals surface area contributed by atoms with Gasteiger partial charge in [0.05, 0.1) is 19.3 Å². The normalized spacial score (nSPS) is 22.2. The summed E-state index contributed by atoms with van der Waals surface area (Å²) in [6.07, 6.45) is 4.97. The van der Waals surface area contributed by atoms with Crippen LogP contribution in [0.15, 0.2) is 0 Å². The summed E-state index contributed by atoms with van der Waals surface area (Å²) in [5.74, 6) is 0.908. The molecule has 0 aromatic heterocycles. The third-order valence-electron chi connectivity index (χ3n) is 3.57. The molecule has 1 aliphatic heterocycles. The molecule has 0 aromatic carbocycles. The first-order valence-corrected chi connectivity index (χ1v) is 6.70. The lowest BCUT2D eigenvalue weighted by atomic mass is 9.85. The van der Waals surface area contributed by atoms with Crippen molar-refractivity contribution in [2.24, 2.45) is 5.41 Å². The molecule has 1 heterocycles. The molecule has 0 spiro atoms. The molecule has 0 N–H and O–H groups in total. The lowest BCUT2D eigenvalue weighted by Gasteiger charge is -2.29. The molecule has 0 aliphatic carbocycles. The minimum Gasteiger partial charge on any atom is -0.378 e. The first-order chi connectivity index (χ1) is 7.26. The summed E-state index contributed by atoms with van der Waals surface area (Å²) in [6, 6.07) is 0. The highest BCUT2D eigenvalue weighted by molar-refractivity contribution is 7.80. The second-order valence-corrected chi connectivity index (χ2v) is 4.83. The maximum atomic E-state index is 5.78. The van der Waals surface area contributed by atoms with Gasteiger partial charge in [0.1, 0.15) is 0 Å². The van der Waals surface area contributed by atoms with E-state index in [4.69, 9.17) is 9.47 Å². The van der Waals surface area contributed by atoms with Crippen molar-refractivity contribution < 1.29 is 9.47 Å². The van der Waals surface area contributed by atoms with E-state index in [1.165, 1.54) is 6.42 Å². The number of rotatable bonds is 7. The summed E-state index contributed by atoms with van der Waals surface area (Å²) in [5, 5.41) is 0. The van der Waals surface area contributed by atoms with E-state index in [1.807, 2.05) is 0 Å². The molecular formula is C12H24O2S. The summed E-state index contributed by atoms with van der Waals surface area (Å²) in [7, 11) is 0. The molecule has 1 rings (SSSR count). The Morgan fingerprint density at radius 2 is 2.13 bits per heavy atom. The third-order valence-corrected chi connectivity index (χ3v) is 4.24.